The minimum Gasteiger partial charge on any atom is -0.422 e. The Balaban J connectivity index is 1.75. The third-order valence-corrected chi connectivity index (χ3v) is 17.0. The highest BCUT2D eigenvalue weighted by molar-refractivity contribution is 7.19. The van der Waals surface area contributed by atoms with Crippen molar-refractivity contribution in [3.05, 3.63) is 0 Å². The molecule has 0 radical (unpaired) electrons. The molecule has 2 aliphatic rings. The zero-order valence-electron chi connectivity index (χ0n) is 4.52. The summed E-state index contributed by atoms with van der Waals surface area (Å²) in [6.45, 7) is 0. The Morgan fingerprint density at radius 3 is 2.11 bits per heavy atom. The summed E-state index contributed by atoms with van der Waals surface area (Å²) in [5.74, 6) is 0. The molecule has 2 aliphatic heterocycles. The van der Waals surface area contributed by atoms with Crippen LogP contribution >= 0.6 is 0 Å². The lowest BCUT2D eigenvalue weighted by Crippen LogP contribution is -2.64. The van der Waals surface area contributed by atoms with Crippen molar-refractivity contribution in [2.24, 2.45) is 0 Å². The molecule has 0 aliphatic carbocycles. The molecule has 2 heterocycles. The normalized spacial score (nSPS) is 52.3. The minimum atomic E-state index is -2.11. The lowest BCUT2D eigenvalue weighted by molar-refractivity contribution is 0.188. The van der Waals surface area contributed by atoms with Crippen LogP contribution in [0, 0.1) is 0 Å². The van der Waals surface area contributed by atoms with Crippen molar-refractivity contribution < 1.29 is 21.3 Å². The molecule has 0 unspecified atom stereocenters. The maximum atomic E-state index is 8.64. The van der Waals surface area contributed by atoms with Crippen molar-refractivity contribution in [3.8, 4) is 0 Å². The van der Waals surface area contributed by atoms with Crippen LogP contribution in [0.5, 0.6) is 0 Å². The summed E-state index contributed by atoms with van der Waals surface area (Å²) >= 11 is 0. The summed E-state index contributed by atoms with van der Waals surface area (Å²) < 4.78 is 20.3. The van der Waals surface area contributed by atoms with E-state index in [-0.39, 0.29) is 0 Å². The Morgan fingerprint density at radius 1 is 1.11 bits per heavy atom. The Kier molecular flexibility index (Phi) is 1.68. The lowest BCUT2D eigenvalue weighted by atomic mass is 15.6. The highest BCUT2D eigenvalue weighted by atomic mass is 29.3. The molecule has 0 aromatic carbocycles. The quantitative estimate of drug-likeness (QED) is 0.440. The van der Waals surface area contributed by atoms with E-state index in [1.165, 1.54) is 0 Å². The van der Waals surface area contributed by atoms with Gasteiger partial charge in [0, 0.05) is 0 Å². The lowest BCUT2D eigenvalue weighted by Gasteiger charge is -2.38. The van der Waals surface area contributed by atoms with Gasteiger partial charge < -0.3 is 21.3 Å². The molecule has 2 fully saturated rings. The summed E-state index contributed by atoms with van der Waals surface area (Å²) in [5, 5.41) is 0. The van der Waals surface area contributed by atoms with Gasteiger partial charge in [-0.1, -0.05) is 0 Å². The molecule has 9 heavy (non-hydrogen) atoms. The standard InChI is InChI=1S/H6O5Si4/c1-7-4-9(5-7)8-2-6-3-8/h1,7-9H,6H2. The molecule has 5 nitrogen and oxygen atoms in total. The van der Waals surface area contributed by atoms with Crippen LogP contribution in [0.1, 0.15) is 0 Å². The largest absolute Gasteiger partial charge is 0.463 e. The fourth-order valence-electron chi connectivity index (χ4n) is 0.672. The van der Waals surface area contributed by atoms with Gasteiger partial charge in [-0.05, 0) is 0 Å². The highest BCUT2D eigenvalue weighted by Crippen LogP contribution is 2.14. The molecule has 2 rings (SSSR count). The van der Waals surface area contributed by atoms with E-state index in [2.05, 4.69) is 0 Å². The van der Waals surface area contributed by atoms with Crippen LogP contribution in [0.25, 0.3) is 0 Å². The fraction of sp³-hybridized carbons (Fsp3) is 0. The number of hydrogen-bond donors (Lipinski definition) is 1. The van der Waals surface area contributed by atoms with Crippen molar-refractivity contribution >= 4 is 37.1 Å². The first kappa shape index (κ1) is 6.38. The predicted octanol–water partition coefficient (Wildman–Crippen LogP) is -3.69. The van der Waals surface area contributed by atoms with Gasteiger partial charge in [0.25, 0.3) is 10.0 Å². The Bertz CT molecular complexity index is 106. The van der Waals surface area contributed by atoms with E-state index in [1.54, 1.807) is 0 Å². The second kappa shape index (κ2) is 2.37. The molecule has 1 N–H and O–H groups in total. The molecule has 2 saturated heterocycles. The van der Waals surface area contributed by atoms with Crippen LogP contribution < -0.4 is 0 Å². The van der Waals surface area contributed by atoms with E-state index in [1.807, 2.05) is 0 Å². The molecule has 52 valence electrons. The average molecular weight is 198 g/mol. The van der Waals surface area contributed by atoms with Crippen LogP contribution in [0.4, 0.5) is 0 Å². The van der Waals surface area contributed by atoms with Gasteiger partial charge in [-0.3, -0.25) is 0 Å². The fourth-order valence-corrected chi connectivity index (χ4v) is 15.0. The molecule has 0 amide bonds. The van der Waals surface area contributed by atoms with E-state index < -0.39 is 37.1 Å². The molecule has 0 aromatic heterocycles. The molecular formula is H6O5Si4. The summed E-state index contributed by atoms with van der Waals surface area (Å²) in [5.41, 5.74) is 0. The summed E-state index contributed by atoms with van der Waals surface area (Å²) in [6.07, 6.45) is 0. The van der Waals surface area contributed by atoms with Gasteiger partial charge >= 0.3 is 27.1 Å². The van der Waals surface area contributed by atoms with Crippen LogP contribution in [0.15, 0.2) is 0 Å². The zero-order chi connectivity index (χ0) is 6.27. The van der Waals surface area contributed by atoms with Gasteiger partial charge in [-0.15, -0.1) is 0 Å². The third kappa shape index (κ3) is 1.11. The predicted molar refractivity (Wildman–Crippen MR) is 36.5 cm³/mol. The van der Waals surface area contributed by atoms with Crippen molar-refractivity contribution in [1.82, 2.24) is 0 Å². The molecule has 0 saturated carbocycles. The van der Waals surface area contributed by atoms with Gasteiger partial charge in [0.1, 0.15) is 0 Å². The molecule has 0 bridgehead atoms. The Labute approximate surface area is 59.0 Å². The molecular weight excluding hydrogens is 192 g/mol. The van der Waals surface area contributed by atoms with Crippen LogP contribution in [0.2, 0.25) is 0 Å². The van der Waals surface area contributed by atoms with Crippen molar-refractivity contribution in [2.45, 2.75) is 0 Å². The smallest absolute Gasteiger partial charge is 0.422 e. The maximum Gasteiger partial charge on any atom is 0.463 e. The number of rotatable bonds is 1. The van der Waals surface area contributed by atoms with Gasteiger partial charge in [0.15, 0.2) is 0 Å². The summed E-state index contributed by atoms with van der Waals surface area (Å²) in [7, 11) is -5.66. The second-order valence-corrected chi connectivity index (χ2v) is 12.2. The third-order valence-electron chi connectivity index (χ3n) is 1.19. The van der Waals surface area contributed by atoms with Crippen molar-refractivity contribution in [1.29, 1.82) is 0 Å². The van der Waals surface area contributed by atoms with E-state index in [0.717, 1.165) is 0 Å². The minimum absolute atomic E-state index is 0.607. The van der Waals surface area contributed by atoms with Crippen molar-refractivity contribution in [2.75, 3.05) is 0 Å². The van der Waals surface area contributed by atoms with Gasteiger partial charge in [0.2, 0.25) is 0 Å². The first-order valence-corrected chi connectivity index (χ1v) is 9.75. The van der Waals surface area contributed by atoms with Crippen LogP contribution in [-0.2, 0) is 16.5 Å². The molecule has 9 heteroatoms. The van der Waals surface area contributed by atoms with E-state index in [9.17, 15) is 0 Å². The second-order valence-electron chi connectivity index (χ2n) is 1.77. The van der Waals surface area contributed by atoms with Gasteiger partial charge in [-0.2, -0.15) is 0 Å². The topological polar surface area (TPSA) is 57.2 Å². The maximum absolute atomic E-state index is 8.64. The Morgan fingerprint density at radius 2 is 1.78 bits per heavy atom. The highest BCUT2D eigenvalue weighted by Gasteiger charge is 2.47. The Hall–Kier alpha value is 0.668. The average Bonchev–Trinajstić information content (AvgIpc) is 1.57. The van der Waals surface area contributed by atoms with E-state index in [4.69, 9.17) is 21.3 Å². The molecule has 0 spiro atoms. The SMILES string of the molecule is O[SiH]1O[SiH]([SiH]2O[SiH2]O2)O1. The molecule has 0 atom stereocenters. The van der Waals surface area contributed by atoms with Crippen LogP contribution in [-0.4, -0.2) is 41.9 Å². The van der Waals surface area contributed by atoms with E-state index >= 15 is 0 Å². The summed E-state index contributed by atoms with van der Waals surface area (Å²) in [6, 6.07) is 0. The first-order chi connectivity index (χ1) is 4.36. The molecule has 0 aromatic rings. The zero-order valence-corrected chi connectivity index (χ0v) is 9.40. The monoisotopic (exact) mass is 198 g/mol. The van der Waals surface area contributed by atoms with Gasteiger partial charge in [-0.25, -0.2) is 0 Å². The summed E-state index contributed by atoms with van der Waals surface area (Å²) in [4.78, 5) is 8.64. The number of hydrogen-bond acceptors (Lipinski definition) is 5. The van der Waals surface area contributed by atoms with E-state index in [0.29, 0.717) is 0 Å². The first-order valence-electron chi connectivity index (χ1n) is 2.58. The van der Waals surface area contributed by atoms with Gasteiger partial charge in [0.05, 0.1) is 0 Å². The van der Waals surface area contributed by atoms with Crippen molar-refractivity contribution in [3.63, 3.8) is 0 Å². The van der Waals surface area contributed by atoms with Crippen LogP contribution in [0.3, 0.4) is 0 Å².